The maximum Gasteiger partial charge on any atom is 0.265 e. The van der Waals surface area contributed by atoms with Crippen LogP contribution < -0.4 is 10.1 Å². The molecule has 28 heavy (non-hydrogen) atoms. The number of carbonyl (C=O) groups excluding carboxylic acids is 2. The monoisotopic (exact) mass is 392 g/mol. The van der Waals surface area contributed by atoms with Crippen molar-refractivity contribution in [1.29, 1.82) is 0 Å². The van der Waals surface area contributed by atoms with Crippen LogP contribution in [-0.2, 0) is 16.2 Å². The normalized spacial score (nSPS) is 15.5. The lowest BCUT2D eigenvalue weighted by molar-refractivity contribution is -0.128. The molecule has 0 radical (unpaired) electrons. The van der Waals surface area contributed by atoms with E-state index in [1.165, 1.54) is 16.5 Å². The summed E-state index contributed by atoms with van der Waals surface area (Å²) in [6, 6.07) is 15.3. The summed E-state index contributed by atoms with van der Waals surface area (Å²) in [5, 5.41) is 2.62. The highest BCUT2D eigenvalue weighted by Crippen LogP contribution is 2.24. The largest absolute Gasteiger partial charge is 0.488 e. The fourth-order valence-electron chi connectivity index (χ4n) is 2.72. The second-order valence-corrected chi connectivity index (χ2v) is 6.72. The molecule has 0 aliphatic carbocycles. The van der Waals surface area contributed by atoms with E-state index in [2.05, 4.69) is 11.9 Å². The Morgan fingerprint density at radius 1 is 1.14 bits per heavy atom. The number of ether oxygens (including phenoxy) is 1. The van der Waals surface area contributed by atoms with Crippen molar-refractivity contribution in [2.24, 2.45) is 0 Å². The molecule has 0 saturated carbocycles. The van der Waals surface area contributed by atoms with Gasteiger partial charge in [0, 0.05) is 12.1 Å². The van der Waals surface area contributed by atoms with E-state index in [0.29, 0.717) is 17.9 Å². The van der Waals surface area contributed by atoms with Crippen molar-refractivity contribution in [2.75, 3.05) is 6.54 Å². The van der Waals surface area contributed by atoms with Gasteiger partial charge in [0.25, 0.3) is 11.8 Å². The zero-order chi connectivity index (χ0) is 20.1. The summed E-state index contributed by atoms with van der Waals surface area (Å²) in [6.07, 6.45) is 3.08. The number of rotatable bonds is 6. The van der Waals surface area contributed by atoms with Crippen LogP contribution in [0, 0.1) is 6.92 Å². The summed E-state index contributed by atoms with van der Waals surface area (Å²) < 4.78 is 5.93. The van der Waals surface area contributed by atoms with Crippen molar-refractivity contribution in [3.63, 3.8) is 0 Å². The average Bonchev–Trinajstić information content (AvgIpc) is 2.69. The highest BCUT2D eigenvalue weighted by molar-refractivity contribution is 7.80. The van der Waals surface area contributed by atoms with Crippen LogP contribution in [0.3, 0.4) is 0 Å². The number of carbonyl (C=O) groups is 2. The zero-order valence-corrected chi connectivity index (χ0v) is 16.3. The number of para-hydroxylation sites is 1. The van der Waals surface area contributed by atoms with E-state index < -0.39 is 11.8 Å². The van der Waals surface area contributed by atoms with Gasteiger partial charge in [-0.3, -0.25) is 19.8 Å². The van der Waals surface area contributed by atoms with Gasteiger partial charge in [-0.2, -0.15) is 0 Å². The minimum Gasteiger partial charge on any atom is -0.488 e. The van der Waals surface area contributed by atoms with Gasteiger partial charge in [-0.15, -0.1) is 6.58 Å². The topological polar surface area (TPSA) is 58.6 Å². The lowest BCUT2D eigenvalue weighted by atomic mass is 10.1. The summed E-state index contributed by atoms with van der Waals surface area (Å²) in [4.78, 5) is 26.3. The first-order valence-electron chi connectivity index (χ1n) is 8.76. The van der Waals surface area contributed by atoms with Crippen molar-refractivity contribution in [3.05, 3.63) is 83.4 Å². The lowest BCUT2D eigenvalue weighted by Crippen LogP contribution is -2.53. The van der Waals surface area contributed by atoms with Crippen molar-refractivity contribution >= 4 is 35.2 Å². The molecule has 1 heterocycles. The van der Waals surface area contributed by atoms with E-state index in [9.17, 15) is 9.59 Å². The van der Waals surface area contributed by atoms with Crippen molar-refractivity contribution in [1.82, 2.24) is 10.2 Å². The van der Waals surface area contributed by atoms with Gasteiger partial charge in [0.1, 0.15) is 17.9 Å². The van der Waals surface area contributed by atoms with Gasteiger partial charge < -0.3 is 4.74 Å². The Morgan fingerprint density at radius 3 is 2.57 bits per heavy atom. The number of nitrogens with zero attached hydrogens (tertiary/aromatic N) is 1. The lowest BCUT2D eigenvalue weighted by Gasteiger charge is -2.27. The first kappa shape index (κ1) is 19.5. The Kier molecular flexibility index (Phi) is 6.01. The van der Waals surface area contributed by atoms with Gasteiger partial charge in [0.15, 0.2) is 5.11 Å². The molecule has 3 rings (SSSR count). The first-order chi connectivity index (χ1) is 13.5. The zero-order valence-electron chi connectivity index (χ0n) is 15.5. The van der Waals surface area contributed by atoms with Crippen LogP contribution in [0.15, 0.2) is 66.8 Å². The molecule has 1 aliphatic rings. The molecule has 0 atom stereocenters. The second kappa shape index (κ2) is 8.63. The van der Waals surface area contributed by atoms with Crippen LogP contribution >= 0.6 is 12.2 Å². The van der Waals surface area contributed by atoms with Crippen molar-refractivity contribution < 1.29 is 14.3 Å². The molecule has 1 fully saturated rings. The van der Waals surface area contributed by atoms with Crippen LogP contribution in [-0.4, -0.2) is 28.4 Å². The van der Waals surface area contributed by atoms with E-state index in [1.54, 1.807) is 18.2 Å². The van der Waals surface area contributed by atoms with E-state index >= 15 is 0 Å². The smallest absolute Gasteiger partial charge is 0.265 e. The summed E-state index contributed by atoms with van der Waals surface area (Å²) >= 11 is 5.07. The predicted octanol–water partition coefficient (Wildman–Crippen LogP) is 3.39. The quantitative estimate of drug-likeness (QED) is 0.354. The van der Waals surface area contributed by atoms with E-state index in [0.717, 1.165) is 5.56 Å². The number of benzene rings is 2. The maximum absolute atomic E-state index is 12.7. The third kappa shape index (κ3) is 4.35. The molecule has 2 amide bonds. The molecular weight excluding hydrogens is 372 g/mol. The summed E-state index contributed by atoms with van der Waals surface area (Å²) in [7, 11) is 0. The summed E-state index contributed by atoms with van der Waals surface area (Å²) in [5.41, 5.74) is 2.85. The van der Waals surface area contributed by atoms with Crippen molar-refractivity contribution in [3.8, 4) is 5.75 Å². The molecule has 5 nitrogen and oxygen atoms in total. The molecule has 142 valence electrons. The van der Waals surface area contributed by atoms with Crippen LogP contribution in [0.4, 0.5) is 0 Å². The Labute approximate surface area is 169 Å². The standard InChI is InChI=1S/C22H20N2O3S/c1-3-12-24-21(26)18(20(25)23-22(24)28)13-17-6-4-5-7-19(17)27-14-16-10-8-15(2)9-11-16/h3-11,13H,1,12,14H2,2H3,(H,23,25,28)/b18-13+. The Morgan fingerprint density at radius 2 is 1.86 bits per heavy atom. The molecule has 2 aromatic carbocycles. The first-order valence-corrected chi connectivity index (χ1v) is 9.17. The predicted molar refractivity (Wildman–Crippen MR) is 113 cm³/mol. The van der Waals surface area contributed by atoms with Crippen LogP contribution in [0.1, 0.15) is 16.7 Å². The fourth-order valence-corrected chi connectivity index (χ4v) is 2.97. The third-order valence-electron chi connectivity index (χ3n) is 4.23. The molecule has 1 N–H and O–H groups in total. The van der Waals surface area contributed by atoms with Crippen LogP contribution in [0.5, 0.6) is 5.75 Å². The Hall–Kier alpha value is -3.25. The maximum atomic E-state index is 12.7. The number of aryl methyl sites for hydroxylation is 1. The number of amides is 2. The van der Waals surface area contributed by atoms with Gasteiger partial charge in [0.05, 0.1) is 0 Å². The molecule has 1 aliphatic heterocycles. The molecule has 1 saturated heterocycles. The Bertz CT molecular complexity index is 964. The summed E-state index contributed by atoms with van der Waals surface area (Å²) in [5.74, 6) is -0.398. The molecule has 2 aromatic rings. The summed E-state index contributed by atoms with van der Waals surface area (Å²) in [6.45, 7) is 6.25. The molecule has 0 unspecified atom stereocenters. The SMILES string of the molecule is C=CCN1C(=O)/C(=C/c2ccccc2OCc2ccc(C)cc2)C(=O)NC1=S. The van der Waals surface area contributed by atoms with Gasteiger partial charge in [-0.25, -0.2) is 0 Å². The highest BCUT2D eigenvalue weighted by atomic mass is 32.1. The van der Waals surface area contributed by atoms with Gasteiger partial charge in [0.2, 0.25) is 0 Å². The van der Waals surface area contributed by atoms with Crippen LogP contribution in [0.2, 0.25) is 0 Å². The van der Waals surface area contributed by atoms with Gasteiger partial charge in [-0.1, -0.05) is 54.1 Å². The molecule has 0 bridgehead atoms. The van der Waals surface area contributed by atoms with Gasteiger partial charge in [-0.05, 0) is 36.8 Å². The average molecular weight is 392 g/mol. The second-order valence-electron chi connectivity index (χ2n) is 6.33. The molecular formula is C22H20N2O3S. The minimum atomic E-state index is -0.524. The highest BCUT2D eigenvalue weighted by Gasteiger charge is 2.32. The van der Waals surface area contributed by atoms with Gasteiger partial charge >= 0.3 is 0 Å². The Balaban J connectivity index is 1.86. The van der Waals surface area contributed by atoms with E-state index in [4.69, 9.17) is 17.0 Å². The van der Waals surface area contributed by atoms with Crippen molar-refractivity contribution in [2.45, 2.75) is 13.5 Å². The fraction of sp³-hybridized carbons (Fsp3) is 0.136. The number of thiocarbonyl (C=S) groups is 1. The number of nitrogens with one attached hydrogen (secondary N) is 1. The third-order valence-corrected chi connectivity index (χ3v) is 4.55. The number of hydrogen-bond donors (Lipinski definition) is 1. The molecule has 6 heteroatoms. The van der Waals surface area contributed by atoms with E-state index in [-0.39, 0.29) is 17.2 Å². The molecule has 0 spiro atoms. The number of hydrogen-bond acceptors (Lipinski definition) is 4. The minimum absolute atomic E-state index is 0.00170. The molecule has 0 aromatic heterocycles. The van der Waals surface area contributed by atoms with E-state index in [1.807, 2.05) is 43.3 Å². The van der Waals surface area contributed by atoms with Crippen LogP contribution in [0.25, 0.3) is 6.08 Å².